The lowest BCUT2D eigenvalue weighted by atomic mass is 10.1. The summed E-state index contributed by atoms with van der Waals surface area (Å²) in [6.07, 6.45) is 0.554. The van der Waals surface area contributed by atoms with Crippen molar-refractivity contribution in [1.29, 1.82) is 0 Å². The van der Waals surface area contributed by atoms with Crippen molar-refractivity contribution in [2.24, 2.45) is 0 Å². The third-order valence-electron chi connectivity index (χ3n) is 3.76. The molecule has 0 bridgehead atoms. The molecule has 2 amide bonds. The third-order valence-corrected chi connectivity index (χ3v) is 4.94. The van der Waals surface area contributed by atoms with Gasteiger partial charge in [0.05, 0.1) is 10.9 Å². The maximum Gasteiger partial charge on any atom is 0.251 e. The van der Waals surface area contributed by atoms with Crippen LogP contribution in [0.1, 0.15) is 22.8 Å². The van der Waals surface area contributed by atoms with Crippen LogP contribution in [0.5, 0.6) is 0 Å². The fraction of sp³-hybridized carbons (Fsp3) is 0.222. The number of carbonyl (C=O) groups is 2. The van der Waals surface area contributed by atoms with Gasteiger partial charge in [-0.25, -0.2) is 4.39 Å². The van der Waals surface area contributed by atoms with Crippen LogP contribution < -0.4 is 10.6 Å². The molecule has 1 aliphatic heterocycles. The Bertz CT molecular complexity index is 794. The second-order valence-electron chi connectivity index (χ2n) is 5.60. The molecule has 6 heteroatoms. The van der Waals surface area contributed by atoms with Crippen LogP contribution in [0.3, 0.4) is 0 Å². The van der Waals surface area contributed by atoms with Gasteiger partial charge >= 0.3 is 0 Å². The molecule has 4 nitrogen and oxygen atoms in total. The van der Waals surface area contributed by atoms with E-state index in [0.29, 0.717) is 24.2 Å². The molecule has 1 heterocycles. The molecule has 1 unspecified atom stereocenters. The van der Waals surface area contributed by atoms with Crippen molar-refractivity contribution in [3.05, 3.63) is 59.4 Å². The first-order chi connectivity index (χ1) is 11.5. The molecule has 124 valence electrons. The van der Waals surface area contributed by atoms with Gasteiger partial charge in [0.25, 0.3) is 5.91 Å². The number of benzene rings is 2. The van der Waals surface area contributed by atoms with Gasteiger partial charge in [-0.15, -0.1) is 11.8 Å². The largest absolute Gasteiger partial charge is 0.352 e. The first kappa shape index (κ1) is 16.5. The lowest BCUT2D eigenvalue weighted by molar-refractivity contribution is -0.115. The number of thioether (sulfide) groups is 1. The fourth-order valence-electron chi connectivity index (χ4n) is 2.46. The second kappa shape index (κ2) is 7.05. The number of carbonyl (C=O) groups excluding carboxylic acids is 2. The molecular formula is C18H17FN2O2S. The van der Waals surface area contributed by atoms with Crippen LogP contribution in [0.25, 0.3) is 0 Å². The summed E-state index contributed by atoms with van der Waals surface area (Å²) < 4.78 is 13.1. The highest BCUT2D eigenvalue weighted by Crippen LogP contribution is 2.35. The zero-order chi connectivity index (χ0) is 17.1. The standard InChI is InChI=1S/C18H17FN2O2S/c1-11-17(22)21-15-10-13(5-6-16(15)24-11)18(23)20-8-7-12-3-2-4-14(19)9-12/h2-6,9-11H,7-8H2,1H3,(H,20,23)(H,21,22). The van der Waals surface area contributed by atoms with E-state index in [1.165, 1.54) is 23.9 Å². The summed E-state index contributed by atoms with van der Waals surface area (Å²) in [5.41, 5.74) is 1.99. The predicted molar refractivity (Wildman–Crippen MR) is 92.8 cm³/mol. The highest BCUT2D eigenvalue weighted by atomic mass is 32.2. The van der Waals surface area contributed by atoms with Gasteiger partial charge in [-0.1, -0.05) is 12.1 Å². The summed E-state index contributed by atoms with van der Waals surface area (Å²) in [6.45, 7) is 2.26. The minimum Gasteiger partial charge on any atom is -0.352 e. The quantitative estimate of drug-likeness (QED) is 0.895. The number of fused-ring (bicyclic) bond motifs is 1. The number of hydrogen-bond acceptors (Lipinski definition) is 3. The van der Waals surface area contributed by atoms with E-state index in [1.54, 1.807) is 18.2 Å². The van der Waals surface area contributed by atoms with Crippen LogP contribution in [0, 0.1) is 5.82 Å². The number of hydrogen-bond donors (Lipinski definition) is 2. The van der Waals surface area contributed by atoms with Gasteiger partial charge in [-0.2, -0.15) is 0 Å². The van der Waals surface area contributed by atoms with Gasteiger partial charge in [0.1, 0.15) is 5.82 Å². The van der Waals surface area contributed by atoms with Gasteiger partial charge in [-0.3, -0.25) is 9.59 Å². The highest BCUT2D eigenvalue weighted by Gasteiger charge is 2.23. The topological polar surface area (TPSA) is 58.2 Å². The SMILES string of the molecule is CC1Sc2ccc(C(=O)NCCc3cccc(F)c3)cc2NC1=O. The second-order valence-corrected chi connectivity index (χ2v) is 6.98. The minimum absolute atomic E-state index is 0.0591. The molecule has 1 aliphatic rings. The van der Waals surface area contributed by atoms with Crippen LogP contribution in [0.15, 0.2) is 47.4 Å². The van der Waals surface area contributed by atoms with E-state index in [0.717, 1.165) is 10.5 Å². The Kier molecular flexibility index (Phi) is 4.85. The van der Waals surface area contributed by atoms with Crippen LogP contribution in [-0.4, -0.2) is 23.6 Å². The van der Waals surface area contributed by atoms with Crippen molar-refractivity contribution in [3.8, 4) is 0 Å². The molecular weight excluding hydrogens is 327 g/mol. The van der Waals surface area contributed by atoms with Gasteiger partial charge in [0.15, 0.2) is 0 Å². The summed E-state index contributed by atoms with van der Waals surface area (Å²) in [5, 5.41) is 5.49. The zero-order valence-corrected chi connectivity index (χ0v) is 14.0. The molecule has 0 spiro atoms. The molecule has 2 N–H and O–H groups in total. The van der Waals surface area contributed by atoms with Crippen LogP contribution in [0.2, 0.25) is 0 Å². The van der Waals surface area contributed by atoms with Gasteiger partial charge in [-0.05, 0) is 49.2 Å². The molecule has 0 saturated heterocycles. The predicted octanol–water partition coefficient (Wildman–Crippen LogP) is 3.23. The van der Waals surface area contributed by atoms with Gasteiger partial charge in [0.2, 0.25) is 5.91 Å². The molecule has 0 radical (unpaired) electrons. The molecule has 24 heavy (non-hydrogen) atoms. The van der Waals surface area contributed by atoms with Gasteiger partial charge in [0, 0.05) is 17.0 Å². The number of anilines is 1. The van der Waals surface area contributed by atoms with Crippen molar-refractivity contribution in [1.82, 2.24) is 5.32 Å². The van der Waals surface area contributed by atoms with Crippen LogP contribution >= 0.6 is 11.8 Å². The Morgan fingerprint density at radius 3 is 2.92 bits per heavy atom. The van der Waals surface area contributed by atoms with Crippen LogP contribution in [-0.2, 0) is 11.2 Å². The van der Waals surface area contributed by atoms with E-state index in [4.69, 9.17) is 0 Å². The number of rotatable bonds is 4. The Morgan fingerprint density at radius 1 is 1.29 bits per heavy atom. The van der Waals surface area contributed by atoms with Gasteiger partial charge < -0.3 is 10.6 Å². The molecule has 1 atom stereocenters. The highest BCUT2D eigenvalue weighted by molar-refractivity contribution is 8.00. The van der Waals surface area contributed by atoms with E-state index in [1.807, 2.05) is 19.1 Å². The van der Waals surface area contributed by atoms with E-state index in [9.17, 15) is 14.0 Å². The van der Waals surface area contributed by atoms with Crippen molar-refractivity contribution in [2.75, 3.05) is 11.9 Å². The molecule has 0 saturated carbocycles. The minimum atomic E-state index is -0.281. The summed E-state index contributed by atoms with van der Waals surface area (Å²) in [5.74, 6) is -0.556. The Balaban J connectivity index is 1.61. The summed E-state index contributed by atoms with van der Waals surface area (Å²) in [6, 6.07) is 11.6. The molecule has 0 fully saturated rings. The average molecular weight is 344 g/mol. The van der Waals surface area contributed by atoms with Crippen molar-refractivity contribution in [2.45, 2.75) is 23.5 Å². The van der Waals surface area contributed by atoms with E-state index in [-0.39, 0.29) is 22.9 Å². The Morgan fingerprint density at radius 2 is 2.12 bits per heavy atom. The molecule has 2 aromatic rings. The maximum absolute atomic E-state index is 13.1. The number of amides is 2. The van der Waals surface area contributed by atoms with E-state index in [2.05, 4.69) is 10.6 Å². The summed E-state index contributed by atoms with van der Waals surface area (Å²) in [7, 11) is 0. The third kappa shape index (κ3) is 3.76. The maximum atomic E-state index is 13.1. The molecule has 2 aromatic carbocycles. The molecule has 0 aliphatic carbocycles. The monoisotopic (exact) mass is 344 g/mol. The summed E-state index contributed by atoms with van der Waals surface area (Å²) >= 11 is 1.48. The molecule has 3 rings (SSSR count). The Hall–Kier alpha value is -2.34. The fourth-order valence-corrected chi connectivity index (χ4v) is 3.40. The lowest BCUT2D eigenvalue weighted by Gasteiger charge is -2.21. The lowest BCUT2D eigenvalue weighted by Crippen LogP contribution is -2.28. The summed E-state index contributed by atoms with van der Waals surface area (Å²) in [4.78, 5) is 24.9. The first-order valence-electron chi connectivity index (χ1n) is 7.67. The number of nitrogens with one attached hydrogen (secondary N) is 2. The normalized spacial score (nSPS) is 16.2. The van der Waals surface area contributed by atoms with Crippen molar-refractivity contribution >= 4 is 29.3 Å². The zero-order valence-electron chi connectivity index (χ0n) is 13.1. The average Bonchev–Trinajstić information content (AvgIpc) is 2.55. The first-order valence-corrected chi connectivity index (χ1v) is 8.55. The van der Waals surface area contributed by atoms with Crippen molar-refractivity contribution < 1.29 is 14.0 Å². The number of halogens is 1. The molecule has 0 aromatic heterocycles. The Labute approximate surface area is 143 Å². The van der Waals surface area contributed by atoms with Crippen molar-refractivity contribution in [3.63, 3.8) is 0 Å². The van der Waals surface area contributed by atoms with E-state index < -0.39 is 0 Å². The van der Waals surface area contributed by atoms with E-state index >= 15 is 0 Å². The van der Waals surface area contributed by atoms with Crippen LogP contribution in [0.4, 0.5) is 10.1 Å². The smallest absolute Gasteiger partial charge is 0.251 e.